The van der Waals surface area contributed by atoms with Gasteiger partial charge in [-0.25, -0.2) is 0 Å². The van der Waals surface area contributed by atoms with Gasteiger partial charge in [-0.3, -0.25) is 4.79 Å². The average molecular weight is 433 g/mol. The second-order valence-corrected chi connectivity index (χ2v) is 9.91. The molecule has 0 radical (unpaired) electrons. The molecule has 2 atom stereocenters. The zero-order valence-corrected chi connectivity index (χ0v) is 18.6. The highest BCUT2D eigenvalue weighted by molar-refractivity contribution is 8.00. The smallest absolute Gasteiger partial charge is 0.233 e. The maximum atomic E-state index is 13.1. The van der Waals surface area contributed by atoms with Crippen LogP contribution in [0.1, 0.15) is 67.1 Å². The third-order valence-corrected chi connectivity index (χ3v) is 7.29. The normalized spacial score (nSPS) is 18.9. The minimum atomic E-state index is -0.236. The van der Waals surface area contributed by atoms with Crippen LogP contribution in [0.25, 0.3) is 0 Å². The summed E-state index contributed by atoms with van der Waals surface area (Å²) < 4.78 is 2.21. The van der Waals surface area contributed by atoms with Gasteiger partial charge in [-0.2, -0.15) is 0 Å². The summed E-state index contributed by atoms with van der Waals surface area (Å²) >= 11 is 1.51. The SMILES string of the molecule is C[C@H](Sc1nnc(C2CC2)n1Cc1ccccc1)C(=O)N[C@@H]1CCCc2ccccc21. The van der Waals surface area contributed by atoms with Gasteiger partial charge in [-0.05, 0) is 55.7 Å². The molecule has 31 heavy (non-hydrogen) atoms. The third-order valence-electron chi connectivity index (χ3n) is 6.21. The van der Waals surface area contributed by atoms with Crippen LogP contribution in [0.4, 0.5) is 0 Å². The molecule has 2 aromatic carbocycles. The number of hydrogen-bond acceptors (Lipinski definition) is 4. The number of carbonyl (C=O) groups is 1. The Balaban J connectivity index is 1.30. The highest BCUT2D eigenvalue weighted by Crippen LogP contribution is 2.40. The fourth-order valence-corrected chi connectivity index (χ4v) is 5.21. The molecule has 3 aromatic rings. The molecule has 5 nitrogen and oxygen atoms in total. The molecule has 1 heterocycles. The predicted octanol–water partition coefficient (Wildman–Crippen LogP) is 4.88. The van der Waals surface area contributed by atoms with Crippen molar-refractivity contribution < 1.29 is 4.79 Å². The fourth-order valence-electron chi connectivity index (χ4n) is 4.35. The van der Waals surface area contributed by atoms with Crippen LogP contribution >= 0.6 is 11.8 Å². The summed E-state index contributed by atoms with van der Waals surface area (Å²) in [6.07, 6.45) is 5.55. The Morgan fingerprint density at radius 1 is 1.10 bits per heavy atom. The molecule has 2 aliphatic rings. The highest BCUT2D eigenvalue weighted by Gasteiger charge is 2.32. The lowest BCUT2D eigenvalue weighted by Crippen LogP contribution is -2.36. The van der Waals surface area contributed by atoms with Gasteiger partial charge in [0.1, 0.15) is 5.82 Å². The molecule has 0 aliphatic heterocycles. The number of carbonyl (C=O) groups excluding carboxylic acids is 1. The van der Waals surface area contributed by atoms with Crippen LogP contribution in [0.5, 0.6) is 0 Å². The van der Waals surface area contributed by atoms with Crippen molar-refractivity contribution in [1.82, 2.24) is 20.1 Å². The molecule has 0 bridgehead atoms. The van der Waals surface area contributed by atoms with E-state index in [-0.39, 0.29) is 17.2 Å². The highest BCUT2D eigenvalue weighted by atomic mass is 32.2. The number of aromatic nitrogens is 3. The van der Waals surface area contributed by atoms with Crippen LogP contribution < -0.4 is 5.32 Å². The molecule has 1 saturated carbocycles. The molecule has 1 N–H and O–H groups in total. The summed E-state index contributed by atoms with van der Waals surface area (Å²) in [5.41, 5.74) is 3.85. The van der Waals surface area contributed by atoms with Crippen LogP contribution in [0.3, 0.4) is 0 Å². The van der Waals surface area contributed by atoms with Gasteiger partial charge in [0.2, 0.25) is 5.91 Å². The molecule has 2 aliphatic carbocycles. The summed E-state index contributed by atoms with van der Waals surface area (Å²) in [5, 5.41) is 12.9. The standard InChI is InChI=1S/C25H28N4OS/c1-17(24(30)26-22-13-7-11-19-10-5-6-12-21(19)22)31-25-28-27-23(20-14-15-20)29(25)16-18-8-3-2-4-9-18/h2-6,8-10,12,17,20,22H,7,11,13-16H2,1H3,(H,26,30)/t17-,22+/m0/s1. The van der Waals surface area contributed by atoms with Crippen molar-refractivity contribution in [3.63, 3.8) is 0 Å². The Bertz CT molecular complexity index is 1060. The van der Waals surface area contributed by atoms with Crippen molar-refractivity contribution in [2.75, 3.05) is 0 Å². The van der Waals surface area contributed by atoms with Gasteiger partial charge < -0.3 is 9.88 Å². The Kier molecular flexibility index (Phi) is 5.81. The lowest BCUT2D eigenvalue weighted by Gasteiger charge is -2.27. The fraction of sp³-hybridized carbons (Fsp3) is 0.400. The van der Waals surface area contributed by atoms with Gasteiger partial charge in [0.15, 0.2) is 5.16 Å². The summed E-state index contributed by atoms with van der Waals surface area (Å²) in [5.74, 6) is 1.63. The van der Waals surface area contributed by atoms with Crippen molar-refractivity contribution in [2.24, 2.45) is 0 Å². The van der Waals surface area contributed by atoms with Crippen LogP contribution in [0.15, 0.2) is 59.8 Å². The van der Waals surface area contributed by atoms with Crippen LogP contribution in [-0.4, -0.2) is 25.9 Å². The second-order valence-electron chi connectivity index (χ2n) is 8.60. The van der Waals surface area contributed by atoms with Gasteiger partial charge in [0.05, 0.1) is 17.8 Å². The largest absolute Gasteiger partial charge is 0.348 e. The van der Waals surface area contributed by atoms with Crippen LogP contribution in [0.2, 0.25) is 0 Å². The molecule has 5 rings (SSSR count). The lowest BCUT2D eigenvalue weighted by molar-refractivity contribution is -0.121. The first-order valence-corrected chi connectivity index (χ1v) is 12.1. The lowest BCUT2D eigenvalue weighted by atomic mass is 9.88. The minimum absolute atomic E-state index is 0.0638. The first-order valence-electron chi connectivity index (χ1n) is 11.2. The molecule has 160 valence electrons. The van der Waals surface area contributed by atoms with E-state index in [2.05, 4.69) is 68.6 Å². The zero-order valence-electron chi connectivity index (χ0n) is 17.8. The predicted molar refractivity (Wildman–Crippen MR) is 123 cm³/mol. The van der Waals surface area contributed by atoms with Gasteiger partial charge in [0, 0.05) is 5.92 Å². The molecule has 0 spiro atoms. The van der Waals surface area contributed by atoms with Crippen LogP contribution in [0, 0.1) is 0 Å². The summed E-state index contributed by atoms with van der Waals surface area (Å²) in [6, 6.07) is 19.0. The number of nitrogens with zero attached hydrogens (tertiary/aromatic N) is 3. The Morgan fingerprint density at radius 2 is 1.87 bits per heavy atom. The quantitative estimate of drug-likeness (QED) is 0.541. The van der Waals surface area contributed by atoms with E-state index in [0.29, 0.717) is 5.92 Å². The Morgan fingerprint density at radius 3 is 2.68 bits per heavy atom. The van der Waals surface area contributed by atoms with Crippen molar-refractivity contribution in [2.45, 2.75) is 67.9 Å². The number of fused-ring (bicyclic) bond motifs is 1. The first-order chi connectivity index (χ1) is 15.2. The molecular formula is C25H28N4OS. The number of aryl methyl sites for hydroxylation is 1. The summed E-state index contributed by atoms with van der Waals surface area (Å²) in [4.78, 5) is 13.1. The Hall–Kier alpha value is -2.60. The van der Waals surface area contributed by atoms with Gasteiger partial charge >= 0.3 is 0 Å². The van der Waals surface area contributed by atoms with E-state index in [4.69, 9.17) is 0 Å². The monoisotopic (exact) mass is 432 g/mol. The number of hydrogen-bond donors (Lipinski definition) is 1. The number of nitrogens with one attached hydrogen (secondary N) is 1. The number of benzene rings is 2. The van der Waals surface area contributed by atoms with Gasteiger partial charge in [0.25, 0.3) is 0 Å². The molecule has 1 amide bonds. The van der Waals surface area contributed by atoms with E-state index >= 15 is 0 Å². The summed E-state index contributed by atoms with van der Waals surface area (Å²) in [7, 11) is 0. The molecule has 0 unspecified atom stereocenters. The maximum Gasteiger partial charge on any atom is 0.233 e. The van der Waals surface area contributed by atoms with Gasteiger partial charge in [-0.1, -0.05) is 66.4 Å². The molecule has 0 saturated heterocycles. The minimum Gasteiger partial charge on any atom is -0.348 e. The molecule has 6 heteroatoms. The third kappa shape index (κ3) is 4.54. The van der Waals surface area contributed by atoms with Crippen LogP contribution in [-0.2, 0) is 17.8 Å². The second kappa shape index (κ2) is 8.87. The zero-order chi connectivity index (χ0) is 21.2. The number of thioether (sulfide) groups is 1. The van der Waals surface area contributed by atoms with E-state index in [1.807, 2.05) is 13.0 Å². The summed E-state index contributed by atoms with van der Waals surface area (Å²) in [6.45, 7) is 2.71. The van der Waals surface area contributed by atoms with Crippen molar-refractivity contribution in [1.29, 1.82) is 0 Å². The average Bonchev–Trinajstić information content (AvgIpc) is 3.57. The van der Waals surface area contributed by atoms with Crippen molar-refractivity contribution >= 4 is 17.7 Å². The number of amides is 1. The van der Waals surface area contributed by atoms with E-state index in [1.54, 1.807) is 0 Å². The van der Waals surface area contributed by atoms with E-state index < -0.39 is 0 Å². The van der Waals surface area contributed by atoms with Crippen molar-refractivity contribution in [3.05, 3.63) is 77.1 Å². The molecular weight excluding hydrogens is 404 g/mol. The maximum absolute atomic E-state index is 13.1. The van der Waals surface area contributed by atoms with E-state index in [9.17, 15) is 4.79 Å². The molecule has 1 aromatic heterocycles. The molecule has 1 fully saturated rings. The first kappa shape index (κ1) is 20.3. The van der Waals surface area contributed by atoms with E-state index in [1.165, 1.54) is 41.3 Å². The van der Waals surface area contributed by atoms with Crippen molar-refractivity contribution in [3.8, 4) is 0 Å². The number of rotatable bonds is 7. The van der Waals surface area contributed by atoms with Gasteiger partial charge in [-0.15, -0.1) is 10.2 Å². The topological polar surface area (TPSA) is 59.8 Å². The Labute approximate surface area is 187 Å². The van der Waals surface area contributed by atoms with E-state index in [0.717, 1.165) is 36.8 Å².